The number of fused-ring (bicyclic) bond motifs is 5. The molecule has 4 aliphatic rings. The molecule has 0 heterocycles. The van der Waals surface area contributed by atoms with Gasteiger partial charge >= 0.3 is 5.97 Å². The van der Waals surface area contributed by atoms with Crippen molar-refractivity contribution in [2.75, 3.05) is 21.3 Å². The summed E-state index contributed by atoms with van der Waals surface area (Å²) in [6, 6.07) is 0. The fraction of sp³-hybridized carbons (Fsp3) is 0.906. The Morgan fingerprint density at radius 2 is 1.64 bits per heavy atom. The summed E-state index contributed by atoms with van der Waals surface area (Å²) in [5.41, 5.74) is 2.67. The largest absolute Gasteiger partial charge is 0.469 e. The fourth-order valence-corrected chi connectivity index (χ4v) is 10.2. The van der Waals surface area contributed by atoms with Crippen LogP contribution >= 0.6 is 0 Å². The highest BCUT2D eigenvalue weighted by Crippen LogP contribution is 2.75. The molecule has 0 aliphatic heterocycles. The van der Waals surface area contributed by atoms with Crippen molar-refractivity contribution in [2.24, 2.45) is 45.3 Å². The lowest BCUT2D eigenvalue weighted by molar-refractivity contribution is -0.180. The Labute approximate surface area is 221 Å². The molecule has 4 nitrogen and oxygen atoms in total. The topological polar surface area (TPSA) is 44.8 Å². The maximum absolute atomic E-state index is 11.9. The molecular weight excluding hydrogens is 448 g/mol. The van der Waals surface area contributed by atoms with Crippen LogP contribution < -0.4 is 0 Å². The Bertz CT molecular complexity index is 851. The van der Waals surface area contributed by atoms with Crippen LogP contribution in [0.4, 0.5) is 0 Å². The summed E-state index contributed by atoms with van der Waals surface area (Å²) < 4.78 is 17.1. The lowest BCUT2D eigenvalue weighted by Crippen LogP contribution is -2.62. The zero-order chi connectivity index (χ0) is 26.5. The Morgan fingerprint density at radius 3 is 2.28 bits per heavy atom. The second kappa shape index (κ2) is 10.0. The lowest BCUT2D eigenvalue weighted by Gasteiger charge is -2.66. The smallest absolute Gasteiger partial charge is 0.308 e. The molecule has 3 saturated carbocycles. The minimum atomic E-state index is -0.0728. The molecule has 36 heavy (non-hydrogen) atoms. The molecule has 4 rings (SSSR count). The zero-order valence-corrected chi connectivity index (χ0v) is 24.7. The lowest BCUT2D eigenvalue weighted by atomic mass is 9.39. The average Bonchev–Trinajstić information content (AvgIpc) is 3.14. The van der Waals surface area contributed by atoms with Crippen molar-refractivity contribution in [2.45, 2.75) is 118 Å². The molecule has 0 aromatic carbocycles. The van der Waals surface area contributed by atoms with E-state index in [1.165, 1.54) is 52.1 Å². The van der Waals surface area contributed by atoms with Gasteiger partial charge in [0.2, 0.25) is 0 Å². The maximum atomic E-state index is 11.9. The maximum Gasteiger partial charge on any atom is 0.308 e. The molecule has 0 spiro atoms. The molecule has 3 unspecified atom stereocenters. The third-order valence-electron chi connectivity index (χ3n) is 12.9. The predicted molar refractivity (Wildman–Crippen MR) is 146 cm³/mol. The Hall–Kier alpha value is -0.870. The van der Waals surface area contributed by atoms with E-state index >= 15 is 0 Å². The summed E-state index contributed by atoms with van der Waals surface area (Å²) in [4.78, 5) is 11.9. The quantitative estimate of drug-likeness (QED) is 0.253. The first-order valence-electron chi connectivity index (χ1n) is 14.8. The van der Waals surface area contributed by atoms with Crippen LogP contribution in [0.15, 0.2) is 11.6 Å². The van der Waals surface area contributed by atoms with Crippen LogP contribution in [0.3, 0.4) is 0 Å². The Balaban J connectivity index is 1.59. The average molecular weight is 503 g/mol. The van der Waals surface area contributed by atoms with Crippen LogP contribution in [0.1, 0.15) is 106 Å². The standard InChI is InChI=1S/C32H54O4/c1-21(28(33)36-9)11-10-12-22(2)30(4)17-15-26-31(30,5)18-14-25-29(3)16-13-24(34-7)19-23(29)20-27(35-8)32(25,26)6/h20-22,24-27H,10-19H2,1-9H3/t21?,22-,24?,25-,26-,27-,29+,30?,31+,32-/m1/s1. The van der Waals surface area contributed by atoms with E-state index in [1.54, 1.807) is 5.57 Å². The van der Waals surface area contributed by atoms with Gasteiger partial charge in [-0.25, -0.2) is 0 Å². The Morgan fingerprint density at radius 1 is 0.944 bits per heavy atom. The molecule has 0 bridgehead atoms. The zero-order valence-electron chi connectivity index (χ0n) is 24.7. The number of methoxy groups -OCH3 is 3. The number of rotatable bonds is 8. The summed E-state index contributed by atoms with van der Waals surface area (Å²) in [6.07, 6.45) is 15.0. The van der Waals surface area contributed by atoms with Gasteiger partial charge in [-0.3, -0.25) is 4.79 Å². The number of carbonyl (C=O) groups excluding carboxylic acids is 1. The van der Waals surface area contributed by atoms with Gasteiger partial charge in [0.1, 0.15) is 0 Å². The molecule has 4 heteroatoms. The van der Waals surface area contributed by atoms with Crippen molar-refractivity contribution in [1.82, 2.24) is 0 Å². The van der Waals surface area contributed by atoms with Crippen molar-refractivity contribution in [3.63, 3.8) is 0 Å². The fourth-order valence-electron chi connectivity index (χ4n) is 10.2. The third kappa shape index (κ3) is 4.03. The Kier molecular flexibility index (Phi) is 7.84. The van der Waals surface area contributed by atoms with Gasteiger partial charge in [-0.2, -0.15) is 0 Å². The first-order chi connectivity index (χ1) is 16.9. The molecule has 0 aromatic rings. The number of ether oxygens (including phenoxy) is 3. The van der Waals surface area contributed by atoms with Gasteiger partial charge in [0.25, 0.3) is 0 Å². The van der Waals surface area contributed by atoms with Gasteiger partial charge in [0, 0.05) is 19.6 Å². The van der Waals surface area contributed by atoms with Crippen molar-refractivity contribution >= 4 is 5.97 Å². The molecule has 4 aliphatic carbocycles. The minimum absolute atomic E-state index is 0.00380. The van der Waals surface area contributed by atoms with Gasteiger partial charge in [0.15, 0.2) is 0 Å². The van der Waals surface area contributed by atoms with Crippen molar-refractivity contribution in [1.29, 1.82) is 0 Å². The second-order valence-electron chi connectivity index (χ2n) is 14.0. The van der Waals surface area contributed by atoms with Crippen molar-refractivity contribution in [3.8, 4) is 0 Å². The van der Waals surface area contributed by atoms with E-state index in [4.69, 9.17) is 14.2 Å². The van der Waals surface area contributed by atoms with Crippen LogP contribution in [-0.4, -0.2) is 39.5 Å². The monoisotopic (exact) mass is 502 g/mol. The molecule has 0 saturated heterocycles. The molecule has 3 fully saturated rings. The van der Waals surface area contributed by atoms with Crippen LogP contribution in [0, 0.1) is 45.3 Å². The summed E-state index contributed by atoms with van der Waals surface area (Å²) in [7, 11) is 5.31. The molecular formula is C32H54O4. The van der Waals surface area contributed by atoms with Crippen LogP contribution in [0.5, 0.6) is 0 Å². The molecule has 10 atom stereocenters. The van der Waals surface area contributed by atoms with Gasteiger partial charge in [-0.1, -0.05) is 66.0 Å². The number of carbonyl (C=O) groups is 1. The SMILES string of the molecule is COC(=O)C(C)CCC[C@@H](C)C1(C)CC[C@H]2[C@]3(C)[C@H](OC)C=C4CC(OC)CC[C@]4(C)[C@H]3CC[C@@]21C. The highest BCUT2D eigenvalue weighted by molar-refractivity contribution is 5.71. The normalized spacial score (nSPS) is 45.6. The van der Waals surface area contributed by atoms with E-state index in [2.05, 4.69) is 40.7 Å². The van der Waals surface area contributed by atoms with E-state index in [0.29, 0.717) is 34.7 Å². The van der Waals surface area contributed by atoms with Gasteiger partial charge in [-0.05, 0) is 85.4 Å². The molecule has 0 N–H and O–H groups in total. The summed E-state index contributed by atoms with van der Waals surface area (Å²) in [6.45, 7) is 14.9. The number of hydrogen-bond acceptors (Lipinski definition) is 4. The molecule has 206 valence electrons. The van der Waals surface area contributed by atoms with E-state index in [9.17, 15) is 4.79 Å². The first kappa shape index (κ1) is 28.1. The summed E-state index contributed by atoms with van der Waals surface area (Å²) in [5, 5.41) is 0. The van der Waals surface area contributed by atoms with E-state index in [1.807, 2.05) is 21.1 Å². The first-order valence-corrected chi connectivity index (χ1v) is 14.8. The van der Waals surface area contributed by atoms with Gasteiger partial charge in [0.05, 0.1) is 25.2 Å². The molecule has 0 amide bonds. The predicted octanol–water partition coefficient (Wildman–Crippen LogP) is 7.60. The van der Waals surface area contributed by atoms with Crippen molar-refractivity contribution in [3.05, 3.63) is 11.6 Å². The highest BCUT2D eigenvalue weighted by Gasteiger charge is 2.69. The van der Waals surface area contributed by atoms with E-state index in [0.717, 1.165) is 19.3 Å². The number of hydrogen-bond donors (Lipinski definition) is 0. The molecule has 0 radical (unpaired) electrons. The van der Waals surface area contributed by atoms with Crippen LogP contribution in [0.2, 0.25) is 0 Å². The second-order valence-corrected chi connectivity index (χ2v) is 14.0. The van der Waals surface area contributed by atoms with E-state index in [-0.39, 0.29) is 28.8 Å². The van der Waals surface area contributed by atoms with Crippen LogP contribution in [-0.2, 0) is 19.0 Å². The summed E-state index contributed by atoms with van der Waals surface area (Å²) >= 11 is 0. The van der Waals surface area contributed by atoms with E-state index < -0.39 is 0 Å². The number of esters is 1. The van der Waals surface area contributed by atoms with Gasteiger partial charge in [-0.15, -0.1) is 0 Å². The highest BCUT2D eigenvalue weighted by atomic mass is 16.5. The minimum Gasteiger partial charge on any atom is -0.469 e. The van der Waals surface area contributed by atoms with Crippen LogP contribution in [0.25, 0.3) is 0 Å². The molecule has 0 aromatic heterocycles. The third-order valence-corrected chi connectivity index (χ3v) is 12.9. The summed E-state index contributed by atoms with van der Waals surface area (Å²) in [5.74, 6) is 1.91. The van der Waals surface area contributed by atoms with Crippen molar-refractivity contribution < 1.29 is 19.0 Å². The van der Waals surface area contributed by atoms with Gasteiger partial charge < -0.3 is 14.2 Å².